The Morgan fingerprint density at radius 2 is 1.63 bits per heavy atom. The van der Waals surface area contributed by atoms with Gasteiger partial charge in [-0.2, -0.15) is 5.26 Å². The Labute approximate surface area is 208 Å². The lowest BCUT2D eigenvalue weighted by Gasteiger charge is -2.21. The molecule has 1 unspecified atom stereocenters. The minimum Gasteiger partial charge on any atom is -0.426 e. The second kappa shape index (κ2) is 14.8. The number of carbonyl (C=O) groups excluding carboxylic acids is 2. The minimum atomic E-state index is -1.68. The Bertz CT molecular complexity index is 977. The van der Waals surface area contributed by atoms with E-state index in [1.807, 2.05) is 68.4 Å². The van der Waals surface area contributed by atoms with Gasteiger partial charge in [-0.05, 0) is 56.2 Å². The van der Waals surface area contributed by atoms with E-state index in [4.69, 9.17) is 0 Å². The highest BCUT2D eigenvalue weighted by Crippen LogP contribution is 2.14. The average Bonchev–Trinajstić information content (AvgIpc) is 2.85. The first-order valence-electron chi connectivity index (χ1n) is 12.1. The summed E-state index contributed by atoms with van der Waals surface area (Å²) in [5, 5.41) is 34.1. The van der Waals surface area contributed by atoms with E-state index in [1.165, 1.54) is 0 Å². The molecule has 0 fully saturated rings. The Kier molecular flexibility index (Phi) is 11.8. The van der Waals surface area contributed by atoms with Gasteiger partial charge in [-0.1, -0.05) is 54.6 Å². The van der Waals surface area contributed by atoms with Crippen LogP contribution in [-0.2, 0) is 24.1 Å². The highest BCUT2D eigenvalue weighted by molar-refractivity contribution is 6.43. The minimum absolute atomic E-state index is 0.123. The molecule has 0 aliphatic rings. The molecule has 2 aromatic rings. The number of hydrogen-bond donors (Lipinski definition) is 4. The molecule has 2 rings (SSSR count). The van der Waals surface area contributed by atoms with Gasteiger partial charge < -0.3 is 25.6 Å². The number of carbonyl (C=O) groups is 2. The van der Waals surface area contributed by atoms with E-state index in [0.717, 1.165) is 16.7 Å². The molecule has 4 N–H and O–H groups in total. The third kappa shape index (κ3) is 9.43. The van der Waals surface area contributed by atoms with Crippen molar-refractivity contribution in [3.8, 4) is 6.07 Å². The van der Waals surface area contributed by atoms with Gasteiger partial charge in [0.1, 0.15) is 5.92 Å². The molecule has 0 saturated heterocycles. The molecular weight excluding hydrogens is 443 g/mol. The largest absolute Gasteiger partial charge is 0.475 e. The van der Waals surface area contributed by atoms with Crippen molar-refractivity contribution in [1.82, 2.24) is 15.5 Å². The molecule has 186 valence electrons. The summed E-state index contributed by atoms with van der Waals surface area (Å²) in [6.45, 7) is 5.36. The molecule has 0 bridgehead atoms. The zero-order chi connectivity index (χ0) is 25.6. The molecule has 0 saturated carbocycles. The number of hydrogen-bond acceptors (Lipinski definition) is 5. The highest BCUT2D eigenvalue weighted by Gasteiger charge is 2.25. The summed E-state index contributed by atoms with van der Waals surface area (Å²) in [6, 6.07) is 18.8. The van der Waals surface area contributed by atoms with Crippen LogP contribution in [0.25, 0.3) is 0 Å². The number of nitriles is 1. The van der Waals surface area contributed by atoms with Crippen molar-refractivity contribution in [3.05, 3.63) is 71.3 Å². The lowest BCUT2D eigenvalue weighted by molar-refractivity contribution is -0.133. The summed E-state index contributed by atoms with van der Waals surface area (Å²) in [5.41, 5.74) is 2.94. The van der Waals surface area contributed by atoms with E-state index >= 15 is 0 Å². The number of aryl methyl sites for hydroxylation is 1. The topological polar surface area (TPSA) is 126 Å². The third-order valence-electron chi connectivity index (χ3n) is 5.92. The summed E-state index contributed by atoms with van der Waals surface area (Å²) < 4.78 is 0. The van der Waals surface area contributed by atoms with Crippen LogP contribution >= 0.6 is 0 Å². The van der Waals surface area contributed by atoms with Crippen LogP contribution in [0.15, 0.2) is 54.6 Å². The van der Waals surface area contributed by atoms with Gasteiger partial charge in [-0.25, -0.2) is 4.79 Å². The standard InChI is InChI=1S/C26H35BN4O4/c1-3-31(4-2)25(32)23(19-28)14-13-21-11-8-12-22(17-21)15-16-29-26(33)30-24(27(34)35)18-20-9-6-5-7-10-20/h5-12,17,23-24,34-35H,3-4,13-16,18H2,1-2H3,(H2,29,30,33)/t23?,24-/m0/s1. The summed E-state index contributed by atoms with van der Waals surface area (Å²) in [7, 11) is -1.68. The van der Waals surface area contributed by atoms with Crippen LogP contribution in [0, 0.1) is 17.2 Å². The Morgan fingerprint density at radius 3 is 2.23 bits per heavy atom. The number of nitrogens with zero attached hydrogens (tertiary/aromatic N) is 2. The predicted octanol–water partition coefficient (Wildman–Crippen LogP) is 2.09. The summed E-state index contributed by atoms with van der Waals surface area (Å²) >= 11 is 0. The molecule has 2 atom stereocenters. The van der Waals surface area contributed by atoms with Gasteiger partial charge in [0.2, 0.25) is 5.91 Å². The molecule has 0 heterocycles. The van der Waals surface area contributed by atoms with E-state index in [9.17, 15) is 24.9 Å². The van der Waals surface area contributed by atoms with Crippen LogP contribution in [0.1, 0.15) is 37.0 Å². The monoisotopic (exact) mass is 478 g/mol. The number of benzene rings is 2. The highest BCUT2D eigenvalue weighted by atomic mass is 16.4. The van der Waals surface area contributed by atoms with Gasteiger partial charge in [0.15, 0.2) is 0 Å². The van der Waals surface area contributed by atoms with Gasteiger partial charge in [0.25, 0.3) is 0 Å². The molecule has 0 aliphatic carbocycles. The molecule has 0 radical (unpaired) electrons. The van der Waals surface area contributed by atoms with E-state index < -0.39 is 25.0 Å². The van der Waals surface area contributed by atoms with E-state index in [2.05, 4.69) is 16.7 Å². The van der Waals surface area contributed by atoms with E-state index in [-0.39, 0.29) is 5.91 Å². The summed E-state index contributed by atoms with van der Waals surface area (Å²) in [5.74, 6) is -1.61. The molecule has 0 spiro atoms. The summed E-state index contributed by atoms with van der Waals surface area (Å²) in [4.78, 5) is 26.4. The average molecular weight is 478 g/mol. The second-order valence-corrected chi connectivity index (χ2v) is 8.41. The fourth-order valence-corrected chi connectivity index (χ4v) is 3.89. The molecule has 9 heteroatoms. The molecule has 0 aromatic heterocycles. The van der Waals surface area contributed by atoms with Crippen LogP contribution < -0.4 is 10.6 Å². The number of urea groups is 1. The molecule has 8 nitrogen and oxygen atoms in total. The zero-order valence-corrected chi connectivity index (χ0v) is 20.5. The van der Waals surface area contributed by atoms with Gasteiger partial charge in [0.05, 0.1) is 12.0 Å². The van der Waals surface area contributed by atoms with Crippen molar-refractivity contribution in [2.24, 2.45) is 5.92 Å². The number of nitrogens with one attached hydrogen (secondary N) is 2. The normalized spacial score (nSPS) is 12.2. The lowest BCUT2D eigenvalue weighted by Crippen LogP contribution is -2.51. The Balaban J connectivity index is 1.83. The first-order chi connectivity index (χ1) is 16.9. The zero-order valence-electron chi connectivity index (χ0n) is 20.5. The van der Waals surface area contributed by atoms with Gasteiger partial charge in [-0.15, -0.1) is 0 Å². The van der Waals surface area contributed by atoms with Gasteiger partial charge >= 0.3 is 13.1 Å². The molecule has 35 heavy (non-hydrogen) atoms. The maximum atomic E-state index is 12.5. The van der Waals surface area contributed by atoms with Crippen molar-refractivity contribution >= 4 is 19.1 Å². The number of amides is 3. The number of rotatable bonds is 13. The van der Waals surface area contributed by atoms with Crippen LogP contribution in [0.2, 0.25) is 0 Å². The molecule has 3 amide bonds. The van der Waals surface area contributed by atoms with Crippen molar-refractivity contribution < 1.29 is 19.6 Å². The predicted molar refractivity (Wildman–Crippen MR) is 136 cm³/mol. The van der Waals surface area contributed by atoms with E-state index in [0.29, 0.717) is 45.3 Å². The van der Waals surface area contributed by atoms with Crippen LogP contribution in [0.4, 0.5) is 4.79 Å². The summed E-state index contributed by atoms with van der Waals surface area (Å²) in [6.07, 6.45) is 1.96. The molecule has 0 aliphatic heterocycles. The quantitative estimate of drug-likeness (QED) is 0.328. The second-order valence-electron chi connectivity index (χ2n) is 8.41. The van der Waals surface area contributed by atoms with Crippen LogP contribution in [0.3, 0.4) is 0 Å². The maximum absolute atomic E-state index is 12.5. The van der Waals surface area contributed by atoms with Crippen molar-refractivity contribution in [2.75, 3.05) is 19.6 Å². The smallest absolute Gasteiger partial charge is 0.426 e. The van der Waals surface area contributed by atoms with Gasteiger partial charge in [0, 0.05) is 19.6 Å². The fraction of sp³-hybridized carbons (Fsp3) is 0.423. The maximum Gasteiger partial charge on any atom is 0.475 e. The first-order valence-corrected chi connectivity index (χ1v) is 12.1. The van der Waals surface area contributed by atoms with Crippen molar-refractivity contribution in [2.45, 2.75) is 45.5 Å². The van der Waals surface area contributed by atoms with E-state index in [1.54, 1.807) is 4.90 Å². The SMILES string of the molecule is CCN(CC)C(=O)C(C#N)CCc1cccc(CCNC(=O)N[C@@H](Cc2ccccc2)B(O)O)c1. The van der Waals surface area contributed by atoms with Crippen molar-refractivity contribution in [3.63, 3.8) is 0 Å². The Hall–Kier alpha value is -3.35. The third-order valence-corrected chi connectivity index (χ3v) is 5.92. The molecular formula is C26H35BN4O4. The molecule has 2 aromatic carbocycles. The fourth-order valence-electron chi connectivity index (χ4n) is 3.89. The first kappa shape index (κ1) is 27.9. The van der Waals surface area contributed by atoms with Gasteiger partial charge in [-0.3, -0.25) is 4.79 Å². The Morgan fingerprint density at radius 1 is 1.00 bits per heavy atom. The van der Waals surface area contributed by atoms with Crippen molar-refractivity contribution in [1.29, 1.82) is 5.26 Å². The van der Waals surface area contributed by atoms with Crippen LogP contribution in [-0.4, -0.2) is 59.6 Å². The lowest BCUT2D eigenvalue weighted by atomic mass is 9.76. The van der Waals surface area contributed by atoms with Crippen LogP contribution in [0.5, 0.6) is 0 Å².